The van der Waals surface area contributed by atoms with Gasteiger partial charge in [0.05, 0.1) is 27.1 Å². The Hall–Kier alpha value is -3.57. The number of carbonyl (C=O) groups is 1. The van der Waals surface area contributed by atoms with Crippen LogP contribution in [-0.2, 0) is 4.79 Å². The van der Waals surface area contributed by atoms with Crippen molar-refractivity contribution in [1.82, 2.24) is 0 Å². The van der Waals surface area contributed by atoms with E-state index in [0.29, 0.717) is 11.4 Å². The third-order valence-corrected chi connectivity index (χ3v) is 3.80. The summed E-state index contributed by atoms with van der Waals surface area (Å²) in [5, 5.41) is 22.8. The standard InChI is InChI=1S/C17H10ClN3O5/c18-13-6-12(3-1-11(13)8-19)20-17(22)4-2-10-5-15-16(26-9-25-15)7-14(10)21(23)24/h1-7H,9H2,(H,20,22)/b4-2+. The summed E-state index contributed by atoms with van der Waals surface area (Å²) in [7, 11) is 0. The smallest absolute Gasteiger partial charge is 0.280 e. The Kier molecular flexibility index (Phi) is 4.73. The van der Waals surface area contributed by atoms with Crippen LogP contribution in [0, 0.1) is 21.4 Å². The Morgan fingerprint density at radius 3 is 2.69 bits per heavy atom. The first-order valence-electron chi connectivity index (χ1n) is 7.24. The van der Waals surface area contributed by atoms with Crippen molar-refractivity contribution in [2.45, 2.75) is 0 Å². The third kappa shape index (κ3) is 3.58. The monoisotopic (exact) mass is 371 g/mol. The summed E-state index contributed by atoms with van der Waals surface area (Å²) in [6.07, 6.45) is 2.46. The lowest BCUT2D eigenvalue weighted by molar-refractivity contribution is -0.385. The van der Waals surface area contributed by atoms with Gasteiger partial charge in [0.25, 0.3) is 5.69 Å². The lowest BCUT2D eigenvalue weighted by atomic mass is 10.1. The van der Waals surface area contributed by atoms with Gasteiger partial charge in [-0.1, -0.05) is 11.6 Å². The number of anilines is 1. The largest absolute Gasteiger partial charge is 0.454 e. The molecule has 1 aliphatic heterocycles. The van der Waals surface area contributed by atoms with Gasteiger partial charge in [0.2, 0.25) is 12.7 Å². The molecule has 0 saturated heterocycles. The summed E-state index contributed by atoms with van der Waals surface area (Å²) in [5.74, 6) is 0.137. The van der Waals surface area contributed by atoms with Crippen molar-refractivity contribution in [2.75, 3.05) is 12.1 Å². The molecule has 0 fully saturated rings. The highest BCUT2D eigenvalue weighted by atomic mass is 35.5. The van der Waals surface area contributed by atoms with Gasteiger partial charge in [0.1, 0.15) is 6.07 Å². The number of benzene rings is 2. The number of halogens is 1. The zero-order valence-corrected chi connectivity index (χ0v) is 13.8. The molecule has 2 aromatic rings. The van der Waals surface area contributed by atoms with Crippen molar-refractivity contribution < 1.29 is 19.2 Å². The fourth-order valence-electron chi connectivity index (χ4n) is 2.27. The van der Waals surface area contributed by atoms with Gasteiger partial charge in [-0.15, -0.1) is 0 Å². The molecule has 0 spiro atoms. The van der Waals surface area contributed by atoms with E-state index in [2.05, 4.69) is 5.32 Å². The molecule has 1 amide bonds. The molecule has 8 nitrogen and oxygen atoms in total. The SMILES string of the molecule is N#Cc1ccc(NC(=O)/C=C/c2cc3c(cc2[N+](=O)[O-])OCO3)cc1Cl. The van der Waals surface area contributed by atoms with E-state index in [1.54, 1.807) is 0 Å². The van der Waals surface area contributed by atoms with Gasteiger partial charge < -0.3 is 14.8 Å². The quantitative estimate of drug-likeness (QED) is 0.499. The molecule has 1 heterocycles. The highest BCUT2D eigenvalue weighted by molar-refractivity contribution is 6.32. The molecule has 0 atom stereocenters. The second-order valence-electron chi connectivity index (χ2n) is 5.15. The maximum Gasteiger partial charge on any atom is 0.280 e. The Balaban J connectivity index is 1.79. The number of nitro benzene ring substituents is 1. The zero-order valence-electron chi connectivity index (χ0n) is 13.1. The molecule has 9 heteroatoms. The Morgan fingerprint density at radius 1 is 1.31 bits per heavy atom. The lowest BCUT2D eigenvalue weighted by Crippen LogP contribution is -2.07. The summed E-state index contributed by atoms with van der Waals surface area (Å²) in [5.41, 5.74) is 0.673. The van der Waals surface area contributed by atoms with E-state index in [1.807, 2.05) is 6.07 Å². The minimum Gasteiger partial charge on any atom is -0.454 e. The van der Waals surface area contributed by atoms with Crippen molar-refractivity contribution in [3.8, 4) is 17.6 Å². The van der Waals surface area contributed by atoms with Crippen molar-refractivity contribution >= 4 is 35.0 Å². The molecule has 0 bridgehead atoms. The first-order chi connectivity index (χ1) is 12.5. The van der Waals surface area contributed by atoms with Gasteiger partial charge in [-0.2, -0.15) is 5.26 Å². The highest BCUT2D eigenvalue weighted by Crippen LogP contribution is 2.38. The number of carbonyl (C=O) groups excluding carboxylic acids is 1. The normalized spacial score (nSPS) is 12.0. The van der Waals surface area contributed by atoms with Crippen LogP contribution < -0.4 is 14.8 Å². The fraction of sp³-hybridized carbons (Fsp3) is 0.0588. The number of nitriles is 1. The van der Waals surface area contributed by atoms with Crippen LogP contribution in [0.5, 0.6) is 11.5 Å². The molecule has 26 heavy (non-hydrogen) atoms. The fourth-order valence-corrected chi connectivity index (χ4v) is 2.49. The molecule has 1 N–H and O–H groups in total. The Labute approximate surface area is 152 Å². The van der Waals surface area contributed by atoms with E-state index in [4.69, 9.17) is 26.3 Å². The number of nitrogens with zero attached hydrogens (tertiary/aromatic N) is 2. The van der Waals surface area contributed by atoms with E-state index in [9.17, 15) is 14.9 Å². The summed E-state index contributed by atoms with van der Waals surface area (Å²) >= 11 is 5.90. The maximum absolute atomic E-state index is 12.0. The number of ether oxygens (including phenoxy) is 2. The number of nitrogens with one attached hydrogen (secondary N) is 1. The summed E-state index contributed by atoms with van der Waals surface area (Å²) in [4.78, 5) is 22.7. The van der Waals surface area contributed by atoms with Crippen LogP contribution >= 0.6 is 11.6 Å². The molecule has 130 valence electrons. The molecule has 0 aromatic heterocycles. The average Bonchev–Trinajstić information content (AvgIpc) is 3.06. The van der Waals surface area contributed by atoms with Crippen LogP contribution in [0.25, 0.3) is 6.08 Å². The molecule has 0 unspecified atom stereocenters. The number of hydrogen-bond acceptors (Lipinski definition) is 6. The van der Waals surface area contributed by atoms with E-state index >= 15 is 0 Å². The van der Waals surface area contributed by atoms with Gasteiger partial charge in [0.15, 0.2) is 11.5 Å². The molecule has 1 aliphatic rings. The second kappa shape index (κ2) is 7.13. The topological polar surface area (TPSA) is 114 Å². The maximum atomic E-state index is 12.0. The predicted molar refractivity (Wildman–Crippen MR) is 93.1 cm³/mol. The van der Waals surface area contributed by atoms with Gasteiger partial charge >= 0.3 is 0 Å². The highest BCUT2D eigenvalue weighted by Gasteiger charge is 2.22. The molecule has 0 aliphatic carbocycles. The first kappa shape index (κ1) is 17.3. The number of hydrogen-bond donors (Lipinski definition) is 1. The number of nitro groups is 1. The molecular weight excluding hydrogens is 362 g/mol. The molecule has 0 saturated carbocycles. The van der Waals surface area contributed by atoms with Crippen LogP contribution in [0.4, 0.5) is 11.4 Å². The lowest BCUT2D eigenvalue weighted by Gasteiger charge is -2.04. The van der Waals surface area contributed by atoms with Crippen molar-refractivity contribution in [3.05, 3.63) is 62.7 Å². The summed E-state index contributed by atoms with van der Waals surface area (Å²) < 4.78 is 10.3. The molecule has 3 rings (SSSR count). The first-order valence-corrected chi connectivity index (χ1v) is 7.62. The van der Waals surface area contributed by atoms with Gasteiger partial charge in [-0.05, 0) is 30.3 Å². The zero-order chi connectivity index (χ0) is 18.7. The van der Waals surface area contributed by atoms with Crippen LogP contribution in [0.1, 0.15) is 11.1 Å². The summed E-state index contributed by atoms with van der Waals surface area (Å²) in [6.45, 7) is -0.0143. The van der Waals surface area contributed by atoms with Crippen molar-refractivity contribution in [2.24, 2.45) is 0 Å². The Morgan fingerprint density at radius 2 is 2.04 bits per heavy atom. The predicted octanol–water partition coefficient (Wildman–Crippen LogP) is 3.50. The minimum absolute atomic E-state index is 0.0143. The molecular formula is C17H10ClN3O5. The van der Waals surface area contributed by atoms with Crippen LogP contribution in [0.15, 0.2) is 36.4 Å². The van der Waals surface area contributed by atoms with Gasteiger partial charge in [-0.25, -0.2) is 0 Å². The number of rotatable bonds is 4. The third-order valence-electron chi connectivity index (χ3n) is 3.49. The van der Waals surface area contributed by atoms with E-state index in [0.717, 1.165) is 6.08 Å². The van der Waals surface area contributed by atoms with Gasteiger partial charge in [0, 0.05) is 11.8 Å². The number of fused-ring (bicyclic) bond motifs is 1. The minimum atomic E-state index is -0.570. The average molecular weight is 372 g/mol. The summed E-state index contributed by atoms with van der Waals surface area (Å²) in [6, 6.07) is 9.04. The number of amides is 1. The van der Waals surface area contributed by atoms with Crippen molar-refractivity contribution in [3.63, 3.8) is 0 Å². The van der Waals surface area contributed by atoms with Crippen LogP contribution in [-0.4, -0.2) is 17.6 Å². The molecule has 0 radical (unpaired) electrons. The van der Waals surface area contributed by atoms with Crippen LogP contribution in [0.3, 0.4) is 0 Å². The van der Waals surface area contributed by atoms with Crippen LogP contribution in [0.2, 0.25) is 5.02 Å². The molecule has 2 aromatic carbocycles. The van der Waals surface area contributed by atoms with Crippen molar-refractivity contribution in [1.29, 1.82) is 5.26 Å². The van der Waals surface area contributed by atoms with E-state index in [-0.39, 0.29) is 34.4 Å². The second-order valence-corrected chi connectivity index (χ2v) is 5.56. The van der Waals surface area contributed by atoms with E-state index < -0.39 is 10.8 Å². The van der Waals surface area contributed by atoms with E-state index in [1.165, 1.54) is 36.4 Å². The Bertz CT molecular complexity index is 981. The van der Waals surface area contributed by atoms with Gasteiger partial charge in [-0.3, -0.25) is 14.9 Å².